The lowest BCUT2D eigenvalue weighted by molar-refractivity contribution is 0.795. The van der Waals surface area contributed by atoms with Crippen LogP contribution in [0, 0.1) is 13.8 Å². The predicted molar refractivity (Wildman–Crippen MR) is 289 cm³/mol. The summed E-state index contributed by atoms with van der Waals surface area (Å²) in [6, 6.07) is 60.9. The molecule has 0 N–H and O–H groups in total. The summed E-state index contributed by atoms with van der Waals surface area (Å²) in [6.07, 6.45) is 31.6. The minimum absolute atomic E-state index is 0.373. The van der Waals surface area contributed by atoms with Gasteiger partial charge in [0.25, 0.3) is 0 Å². The third-order valence-corrected chi connectivity index (χ3v) is 13.5. The van der Waals surface area contributed by atoms with Gasteiger partial charge in [0, 0.05) is 0 Å². The van der Waals surface area contributed by atoms with E-state index in [1.807, 2.05) is 30.4 Å². The summed E-state index contributed by atoms with van der Waals surface area (Å²) in [4.78, 5) is 0. The lowest BCUT2D eigenvalue weighted by Gasteiger charge is -2.30. The number of hydrogen-bond donors (Lipinski definition) is 0. The molecule has 1 unspecified atom stereocenters. The Hall–Kier alpha value is -8.06. The summed E-state index contributed by atoms with van der Waals surface area (Å²) >= 11 is 0. The van der Waals surface area contributed by atoms with E-state index in [0.717, 1.165) is 5.57 Å². The summed E-state index contributed by atoms with van der Waals surface area (Å²) in [5, 5.41) is 5.20. The van der Waals surface area contributed by atoms with Crippen LogP contribution in [0.5, 0.6) is 0 Å². The summed E-state index contributed by atoms with van der Waals surface area (Å²) < 4.78 is 0. The second-order valence-electron chi connectivity index (χ2n) is 17.7. The molecule has 0 nitrogen and oxygen atoms in total. The molecule has 67 heavy (non-hydrogen) atoms. The van der Waals surface area contributed by atoms with Gasteiger partial charge >= 0.3 is 0 Å². The van der Waals surface area contributed by atoms with Gasteiger partial charge in [0.05, 0.1) is 5.41 Å². The van der Waals surface area contributed by atoms with Crippen molar-refractivity contribution in [2.24, 2.45) is 0 Å². The van der Waals surface area contributed by atoms with E-state index in [-0.39, 0.29) is 5.41 Å². The molecule has 8 aromatic rings. The van der Waals surface area contributed by atoms with Crippen LogP contribution in [0.2, 0.25) is 0 Å². The Bertz CT molecular complexity index is 3490. The number of aryl methyl sites for hydroxylation is 2. The van der Waals surface area contributed by atoms with Crippen molar-refractivity contribution < 1.29 is 0 Å². The zero-order valence-corrected chi connectivity index (χ0v) is 38.7. The van der Waals surface area contributed by atoms with Gasteiger partial charge in [0.1, 0.15) is 0 Å². The lowest BCUT2D eigenvalue weighted by atomic mass is 9.70. The molecule has 0 amide bonds. The Morgan fingerprint density at radius 2 is 0.985 bits per heavy atom. The Labute approximate surface area is 396 Å². The molecule has 0 heterocycles. The topological polar surface area (TPSA) is 0 Å². The van der Waals surface area contributed by atoms with Gasteiger partial charge in [-0.3, -0.25) is 0 Å². The van der Waals surface area contributed by atoms with Gasteiger partial charge in [-0.05, 0) is 157 Å². The van der Waals surface area contributed by atoms with Crippen LogP contribution >= 0.6 is 0 Å². The second kappa shape index (κ2) is 18.8. The van der Waals surface area contributed by atoms with Crippen LogP contribution < -0.4 is 0 Å². The highest BCUT2D eigenvalue weighted by Gasteiger charge is 2.51. The Balaban J connectivity index is 0.000000417. The van der Waals surface area contributed by atoms with Crippen molar-refractivity contribution in [3.63, 3.8) is 0 Å². The third kappa shape index (κ3) is 8.17. The highest BCUT2D eigenvalue weighted by Crippen LogP contribution is 2.63. The molecule has 0 bridgehead atoms. The van der Waals surface area contributed by atoms with Crippen LogP contribution in [0.25, 0.3) is 60.5 Å². The van der Waals surface area contributed by atoms with Gasteiger partial charge in [0.15, 0.2) is 0 Å². The first-order valence-electron chi connectivity index (χ1n) is 23.4. The van der Waals surface area contributed by atoms with Gasteiger partial charge in [-0.2, -0.15) is 0 Å². The van der Waals surface area contributed by atoms with Crippen LogP contribution in [0.3, 0.4) is 0 Å². The van der Waals surface area contributed by atoms with Gasteiger partial charge in [-0.25, -0.2) is 0 Å². The fourth-order valence-electron chi connectivity index (χ4n) is 10.3. The molecule has 11 rings (SSSR count). The van der Waals surface area contributed by atoms with Crippen molar-refractivity contribution in [1.29, 1.82) is 0 Å². The van der Waals surface area contributed by atoms with E-state index >= 15 is 0 Å². The quantitative estimate of drug-likeness (QED) is 0.151. The molecule has 8 aromatic carbocycles. The van der Waals surface area contributed by atoms with Crippen LogP contribution in [-0.4, -0.2) is 0 Å². The average molecular weight is 859 g/mol. The Morgan fingerprint density at radius 3 is 1.69 bits per heavy atom. The largest absolute Gasteiger partial charge is 0.0870 e. The molecule has 0 saturated heterocycles. The summed E-state index contributed by atoms with van der Waals surface area (Å²) in [6.45, 7) is 8.65. The van der Waals surface area contributed by atoms with Crippen LogP contribution in [0.15, 0.2) is 266 Å². The molecule has 0 aromatic heterocycles. The number of rotatable bonds is 5. The fourth-order valence-corrected chi connectivity index (χ4v) is 10.3. The molecular weight excluding hydrogens is 805 g/mol. The smallest absolute Gasteiger partial charge is 0.0725 e. The number of fused-ring (bicyclic) bond motifs is 12. The Kier molecular flexibility index (Phi) is 12.0. The first-order valence-corrected chi connectivity index (χ1v) is 23.4. The molecule has 3 aliphatic carbocycles. The van der Waals surface area contributed by atoms with Crippen molar-refractivity contribution in [3.05, 3.63) is 305 Å². The molecule has 0 saturated carbocycles. The molecule has 322 valence electrons. The number of allylic oxidation sites excluding steroid dienone is 18. The highest BCUT2D eigenvalue weighted by molar-refractivity contribution is 6.00. The SMILES string of the molecule is C/C=C/C(=C(C)\C=C/C1=C/C=C\C=C/C=C\C=C\C=C\1)c1cc(-c2ccc3c(c2)-c2ccccc2C32c3ccccc3-c3cc4ccccc4cc32)ccc1C.Cc1ccc2ccccc2c1. The molecule has 1 atom stereocenters. The van der Waals surface area contributed by atoms with Crippen molar-refractivity contribution in [3.8, 4) is 33.4 Å². The van der Waals surface area contributed by atoms with E-state index in [0.29, 0.717) is 0 Å². The summed E-state index contributed by atoms with van der Waals surface area (Å²) in [7, 11) is 0. The van der Waals surface area contributed by atoms with E-state index in [2.05, 4.69) is 252 Å². The van der Waals surface area contributed by atoms with E-state index in [4.69, 9.17) is 0 Å². The van der Waals surface area contributed by atoms with Gasteiger partial charge < -0.3 is 0 Å². The molecule has 0 aliphatic heterocycles. The highest BCUT2D eigenvalue weighted by atomic mass is 14.5. The minimum atomic E-state index is -0.373. The van der Waals surface area contributed by atoms with E-state index in [1.54, 1.807) is 0 Å². The first-order chi connectivity index (χ1) is 32.9. The van der Waals surface area contributed by atoms with Crippen molar-refractivity contribution in [2.75, 3.05) is 0 Å². The summed E-state index contributed by atoms with van der Waals surface area (Å²) in [5.41, 5.74) is 20.2. The van der Waals surface area contributed by atoms with E-state index in [1.165, 1.54) is 105 Å². The zero-order valence-electron chi connectivity index (χ0n) is 38.7. The van der Waals surface area contributed by atoms with Crippen molar-refractivity contribution in [2.45, 2.75) is 33.1 Å². The van der Waals surface area contributed by atoms with Crippen LogP contribution in [-0.2, 0) is 5.41 Å². The number of hydrogen-bond acceptors (Lipinski definition) is 0. The minimum Gasteiger partial charge on any atom is -0.0870 e. The maximum Gasteiger partial charge on any atom is 0.0725 e. The van der Waals surface area contributed by atoms with Crippen molar-refractivity contribution in [1.82, 2.24) is 0 Å². The number of benzene rings is 8. The molecule has 3 aliphatic rings. The van der Waals surface area contributed by atoms with Gasteiger partial charge in [0.2, 0.25) is 0 Å². The van der Waals surface area contributed by atoms with E-state index < -0.39 is 0 Å². The second-order valence-corrected chi connectivity index (χ2v) is 17.7. The maximum atomic E-state index is 2.46. The van der Waals surface area contributed by atoms with Crippen LogP contribution in [0.1, 0.15) is 52.8 Å². The fraction of sp³-hybridized carbons (Fsp3) is 0.0746. The molecule has 0 fully saturated rings. The summed E-state index contributed by atoms with van der Waals surface area (Å²) in [5.74, 6) is 0. The van der Waals surface area contributed by atoms with Crippen molar-refractivity contribution >= 4 is 27.1 Å². The molecular formula is C67H54. The Morgan fingerprint density at radius 1 is 0.433 bits per heavy atom. The lowest BCUT2D eigenvalue weighted by Crippen LogP contribution is -2.25. The third-order valence-electron chi connectivity index (χ3n) is 13.5. The standard InChI is InChI=1S/C56H44.C11H10/c1-4-20-46(39(2)29-31-41-21-12-10-8-6-5-7-9-11-13-22-41)49-35-44(32-30-40(49)3)45-33-34-54-50(37-45)47-25-16-18-27-52(47)56(54)53-28-19-17-26-48(53)51-36-42-23-14-15-24-43(42)38-55(51)56;1-9-6-7-10-4-2-3-5-11(10)8-9/h4-38H,1-3H3;2-8H,1H3/b6-5-,7-5?,8-6?,9-7-,10-8+,11-9?,12-10?,13-11-,20-4+,21-12+,22-13?,31-29-,41-21?,41-22+,46-39+;. The molecule has 0 heteroatoms. The van der Waals surface area contributed by atoms with Crippen LogP contribution in [0.4, 0.5) is 0 Å². The average Bonchev–Trinajstić information content (AvgIpc) is 3.81. The van der Waals surface area contributed by atoms with Gasteiger partial charge in [-0.1, -0.05) is 236 Å². The molecule has 0 radical (unpaired) electrons. The maximum absolute atomic E-state index is 2.46. The normalized spacial score (nSPS) is 19.2. The van der Waals surface area contributed by atoms with E-state index in [9.17, 15) is 0 Å². The predicted octanol–water partition coefficient (Wildman–Crippen LogP) is 17.9. The first kappa shape index (κ1) is 42.9. The zero-order chi connectivity index (χ0) is 45.7. The van der Waals surface area contributed by atoms with Gasteiger partial charge in [-0.15, -0.1) is 0 Å². The monoisotopic (exact) mass is 858 g/mol. The molecule has 1 spiro atoms.